The molecule has 1 saturated carbocycles. The number of hydrogen-bond acceptors (Lipinski definition) is 6. The van der Waals surface area contributed by atoms with E-state index < -0.39 is 0 Å². The van der Waals surface area contributed by atoms with Crippen LogP contribution in [-0.2, 0) is 9.53 Å². The summed E-state index contributed by atoms with van der Waals surface area (Å²) in [4.78, 5) is 17.9. The first-order valence-electron chi connectivity index (χ1n) is 11.8. The number of anilines is 1. The summed E-state index contributed by atoms with van der Waals surface area (Å²) in [5.74, 6) is 2.32. The van der Waals surface area contributed by atoms with Gasteiger partial charge in [-0.3, -0.25) is 9.69 Å². The molecule has 1 aliphatic heterocycles. The lowest BCUT2D eigenvalue weighted by molar-refractivity contribution is -0.116. The van der Waals surface area contributed by atoms with Crippen LogP contribution in [0.4, 0.5) is 5.69 Å². The van der Waals surface area contributed by atoms with Gasteiger partial charge in [-0.15, -0.1) is 12.4 Å². The molecule has 2 aliphatic rings. The molecule has 1 fully saturated rings. The zero-order valence-corrected chi connectivity index (χ0v) is 22.9. The molecule has 1 unspecified atom stereocenters. The number of methoxy groups -OCH3 is 2. The van der Waals surface area contributed by atoms with Crippen molar-refractivity contribution < 1.29 is 19.0 Å². The second-order valence-electron chi connectivity index (χ2n) is 8.81. The molecule has 0 radical (unpaired) electrons. The predicted molar refractivity (Wildman–Crippen MR) is 145 cm³/mol. The fourth-order valence-corrected chi connectivity index (χ4v) is 5.88. The van der Waals surface area contributed by atoms with E-state index in [4.69, 9.17) is 25.8 Å². The van der Waals surface area contributed by atoms with E-state index >= 15 is 0 Å². The van der Waals surface area contributed by atoms with Gasteiger partial charge in [0.2, 0.25) is 5.91 Å². The van der Waals surface area contributed by atoms with E-state index in [1.54, 1.807) is 37.8 Å². The van der Waals surface area contributed by atoms with E-state index in [1.165, 1.54) is 12.8 Å². The Morgan fingerprint density at radius 2 is 1.94 bits per heavy atom. The molecule has 1 aliphatic carbocycles. The maximum atomic E-state index is 12.6. The number of carbonyl (C=O) groups excluding carboxylic acids is 1. The maximum absolute atomic E-state index is 12.6. The first-order valence-corrected chi connectivity index (χ1v) is 13.0. The van der Waals surface area contributed by atoms with Crippen molar-refractivity contribution in [2.24, 2.45) is 5.92 Å². The molecule has 4 rings (SSSR count). The first-order chi connectivity index (χ1) is 16.5. The van der Waals surface area contributed by atoms with E-state index in [0.29, 0.717) is 11.6 Å². The smallest absolute Gasteiger partial charge is 0.225 e. The highest BCUT2D eigenvalue weighted by Crippen LogP contribution is 2.54. The largest absolute Gasteiger partial charge is 0.497 e. The van der Waals surface area contributed by atoms with Crippen molar-refractivity contribution in [2.45, 2.75) is 36.5 Å². The van der Waals surface area contributed by atoms with Gasteiger partial charge in [-0.1, -0.05) is 23.4 Å². The summed E-state index contributed by atoms with van der Waals surface area (Å²) in [5, 5.41) is 0.408. The Kier molecular flexibility index (Phi) is 10.4. The van der Waals surface area contributed by atoms with Crippen molar-refractivity contribution in [2.75, 3.05) is 52.0 Å². The SMILES string of the molecule is COCCN(CCCOc1ccc(OC)cc1C1Sc2cc(Cl)ccc2N1C(C)=O)CC1CC1.Cl. The van der Waals surface area contributed by atoms with Crippen LogP contribution in [0, 0.1) is 5.92 Å². The minimum Gasteiger partial charge on any atom is -0.497 e. The zero-order chi connectivity index (χ0) is 24.1. The summed E-state index contributed by atoms with van der Waals surface area (Å²) in [5.41, 5.74) is 1.79. The second-order valence-corrected chi connectivity index (χ2v) is 10.4. The molecule has 9 heteroatoms. The van der Waals surface area contributed by atoms with Crippen LogP contribution in [0.3, 0.4) is 0 Å². The number of ether oxygens (including phenoxy) is 3. The van der Waals surface area contributed by atoms with E-state index in [0.717, 1.165) is 66.2 Å². The molecule has 1 heterocycles. The molecule has 0 N–H and O–H groups in total. The van der Waals surface area contributed by atoms with Crippen molar-refractivity contribution in [3.05, 3.63) is 47.0 Å². The van der Waals surface area contributed by atoms with Gasteiger partial charge in [0.25, 0.3) is 0 Å². The Morgan fingerprint density at radius 1 is 1.14 bits per heavy atom. The minimum atomic E-state index is -0.246. The van der Waals surface area contributed by atoms with Crippen LogP contribution in [-0.4, -0.2) is 57.9 Å². The van der Waals surface area contributed by atoms with Crippen molar-refractivity contribution in [1.82, 2.24) is 4.90 Å². The average Bonchev–Trinajstić information content (AvgIpc) is 3.56. The van der Waals surface area contributed by atoms with Crippen LogP contribution in [0.5, 0.6) is 11.5 Å². The molecule has 1 amide bonds. The zero-order valence-electron chi connectivity index (χ0n) is 20.5. The topological polar surface area (TPSA) is 51.2 Å². The summed E-state index contributed by atoms with van der Waals surface area (Å²) < 4.78 is 17.1. The van der Waals surface area contributed by atoms with Crippen molar-refractivity contribution in [1.29, 1.82) is 0 Å². The summed E-state index contributed by atoms with van der Waals surface area (Å²) in [6, 6.07) is 11.4. The molecule has 6 nitrogen and oxygen atoms in total. The van der Waals surface area contributed by atoms with Crippen LogP contribution >= 0.6 is 35.8 Å². The lowest BCUT2D eigenvalue weighted by Crippen LogP contribution is -2.31. The number of hydrogen-bond donors (Lipinski definition) is 0. The molecule has 35 heavy (non-hydrogen) atoms. The van der Waals surface area contributed by atoms with E-state index in [2.05, 4.69) is 4.90 Å². The maximum Gasteiger partial charge on any atom is 0.225 e. The van der Waals surface area contributed by atoms with Gasteiger partial charge in [-0.05, 0) is 61.6 Å². The fraction of sp³-hybridized carbons (Fsp3) is 0.500. The van der Waals surface area contributed by atoms with E-state index in [1.807, 2.05) is 36.4 Å². The third-order valence-corrected chi connectivity index (χ3v) is 7.68. The van der Waals surface area contributed by atoms with Crippen LogP contribution in [0.1, 0.15) is 37.1 Å². The highest BCUT2D eigenvalue weighted by atomic mass is 35.5. The highest BCUT2D eigenvalue weighted by Gasteiger charge is 2.36. The number of benzene rings is 2. The number of carbonyl (C=O) groups is 1. The van der Waals surface area contributed by atoms with Gasteiger partial charge in [0.15, 0.2) is 0 Å². The van der Waals surface area contributed by atoms with Crippen molar-refractivity contribution in [3.8, 4) is 11.5 Å². The molecule has 2 aromatic carbocycles. The number of halogens is 2. The second kappa shape index (κ2) is 13.1. The fourth-order valence-electron chi connectivity index (χ4n) is 4.25. The number of fused-ring (bicyclic) bond motifs is 1. The number of amides is 1. The average molecular weight is 542 g/mol. The van der Waals surface area contributed by atoms with Crippen LogP contribution in [0.15, 0.2) is 41.3 Å². The summed E-state index contributed by atoms with van der Waals surface area (Å²) >= 11 is 7.83. The highest BCUT2D eigenvalue weighted by molar-refractivity contribution is 8.00. The Hall–Kier alpha value is -1.64. The molecule has 192 valence electrons. The van der Waals surface area contributed by atoms with Crippen LogP contribution < -0.4 is 14.4 Å². The third-order valence-electron chi connectivity index (χ3n) is 6.18. The van der Waals surface area contributed by atoms with Gasteiger partial charge >= 0.3 is 0 Å². The van der Waals surface area contributed by atoms with Gasteiger partial charge in [0.05, 0.1) is 26.0 Å². The van der Waals surface area contributed by atoms with Crippen molar-refractivity contribution in [3.63, 3.8) is 0 Å². The normalized spacial score (nSPS) is 16.7. The first kappa shape index (κ1) is 27.9. The summed E-state index contributed by atoms with van der Waals surface area (Å²) in [6.45, 7) is 6.02. The standard InChI is InChI=1S/C26H33ClN2O4S.ClH/c1-18(30)29-23-9-7-20(27)15-25(23)34-26(29)22-16-21(32-3)8-10-24(22)33-13-4-11-28(12-14-31-2)17-19-5-6-19;/h7-10,15-16,19,26H,4-6,11-14,17H2,1-3H3;1H. The molecule has 0 spiro atoms. The molecular formula is C26H34Cl2N2O4S. The lowest BCUT2D eigenvalue weighted by Gasteiger charge is -2.26. The van der Waals surface area contributed by atoms with E-state index in [9.17, 15) is 4.79 Å². The minimum absolute atomic E-state index is 0. The quantitative estimate of drug-likeness (QED) is 0.305. The molecule has 1 atom stereocenters. The predicted octanol–water partition coefficient (Wildman–Crippen LogP) is 6.06. The number of nitrogens with zero attached hydrogens (tertiary/aromatic N) is 2. The Balaban J connectivity index is 0.00000342. The van der Waals surface area contributed by atoms with Gasteiger partial charge in [-0.2, -0.15) is 0 Å². The van der Waals surface area contributed by atoms with Gasteiger partial charge in [0, 0.05) is 49.1 Å². The summed E-state index contributed by atoms with van der Waals surface area (Å²) in [6.07, 6.45) is 3.61. The molecule has 0 aromatic heterocycles. The molecule has 2 aromatic rings. The molecular weight excluding hydrogens is 507 g/mol. The van der Waals surface area contributed by atoms with Crippen LogP contribution in [0.2, 0.25) is 5.02 Å². The van der Waals surface area contributed by atoms with Gasteiger partial charge < -0.3 is 19.1 Å². The monoisotopic (exact) mass is 540 g/mol. The summed E-state index contributed by atoms with van der Waals surface area (Å²) in [7, 11) is 3.40. The van der Waals surface area contributed by atoms with Gasteiger partial charge in [0.1, 0.15) is 16.9 Å². The number of thioether (sulfide) groups is 1. The lowest BCUT2D eigenvalue weighted by atomic mass is 10.1. The third kappa shape index (κ3) is 7.20. The Bertz CT molecular complexity index is 1010. The number of rotatable bonds is 12. The van der Waals surface area contributed by atoms with Crippen LogP contribution in [0.25, 0.3) is 0 Å². The van der Waals surface area contributed by atoms with Gasteiger partial charge in [-0.25, -0.2) is 0 Å². The Labute approximate surface area is 223 Å². The van der Waals surface area contributed by atoms with Crippen molar-refractivity contribution >= 4 is 47.4 Å². The molecule has 0 bridgehead atoms. The van der Waals surface area contributed by atoms with E-state index in [-0.39, 0.29) is 23.7 Å². The molecule has 0 saturated heterocycles. The Morgan fingerprint density at radius 3 is 2.63 bits per heavy atom.